The first-order valence-electron chi connectivity index (χ1n) is 7.29. The molecule has 2 aromatic rings. The topological polar surface area (TPSA) is 74.6 Å². The van der Waals surface area contributed by atoms with E-state index in [2.05, 4.69) is 61.7 Å². The molecular weight excluding hydrogens is 336 g/mol. The van der Waals surface area contributed by atoms with E-state index < -0.39 is 11.9 Å². The second-order valence-electron chi connectivity index (χ2n) is 4.90. The molecule has 132 valence electrons. The zero-order valence-electron chi connectivity index (χ0n) is 14.3. The van der Waals surface area contributed by atoms with E-state index in [-0.39, 0.29) is 11.1 Å². The van der Waals surface area contributed by atoms with Gasteiger partial charge in [-0.2, -0.15) is 0 Å². The summed E-state index contributed by atoms with van der Waals surface area (Å²) in [5.41, 5.74) is 0.352. The highest BCUT2D eigenvalue weighted by atomic mass is 32.2. The summed E-state index contributed by atoms with van der Waals surface area (Å²) in [6.45, 7) is 9.20. The standard InChI is InChI=1S/C12H10S.2C4H6O2/c1-3-7-11(8-4-1)13-12-9-5-2-6-10-12;2*1-3(2)4(5)6/h1-10H;2*1H2,2H3,(H,5,6). The van der Waals surface area contributed by atoms with Gasteiger partial charge in [-0.25, -0.2) is 9.59 Å². The van der Waals surface area contributed by atoms with Crippen LogP contribution in [0.1, 0.15) is 13.8 Å². The summed E-state index contributed by atoms with van der Waals surface area (Å²) < 4.78 is 0. The molecule has 0 aliphatic carbocycles. The third-order valence-electron chi connectivity index (χ3n) is 2.45. The maximum atomic E-state index is 9.60. The van der Waals surface area contributed by atoms with Gasteiger partial charge in [-0.15, -0.1) is 0 Å². The zero-order chi connectivity index (χ0) is 19.2. The molecule has 5 heteroatoms. The molecule has 0 radical (unpaired) electrons. The zero-order valence-corrected chi connectivity index (χ0v) is 15.1. The van der Waals surface area contributed by atoms with Crippen molar-refractivity contribution in [3.8, 4) is 0 Å². The van der Waals surface area contributed by atoms with E-state index in [0.29, 0.717) is 0 Å². The predicted molar refractivity (Wildman–Crippen MR) is 102 cm³/mol. The molecule has 0 saturated heterocycles. The highest BCUT2D eigenvalue weighted by Gasteiger charge is 1.93. The molecule has 0 atom stereocenters. The minimum atomic E-state index is -0.935. The van der Waals surface area contributed by atoms with Crippen molar-refractivity contribution < 1.29 is 19.8 Å². The average molecular weight is 358 g/mol. The third-order valence-corrected chi connectivity index (χ3v) is 3.47. The molecule has 0 bridgehead atoms. The van der Waals surface area contributed by atoms with Crippen LogP contribution in [0.15, 0.2) is 94.8 Å². The van der Waals surface area contributed by atoms with Gasteiger partial charge < -0.3 is 10.2 Å². The van der Waals surface area contributed by atoms with Crippen LogP contribution in [0.5, 0.6) is 0 Å². The molecule has 0 amide bonds. The summed E-state index contributed by atoms with van der Waals surface area (Å²) in [5, 5.41) is 15.8. The van der Waals surface area contributed by atoms with Crippen molar-refractivity contribution in [1.29, 1.82) is 0 Å². The van der Waals surface area contributed by atoms with Gasteiger partial charge in [0.2, 0.25) is 0 Å². The predicted octanol–water partition coefficient (Wildman–Crippen LogP) is 5.13. The molecule has 0 fully saturated rings. The van der Waals surface area contributed by atoms with Crippen LogP contribution in [0.25, 0.3) is 0 Å². The van der Waals surface area contributed by atoms with E-state index in [1.54, 1.807) is 11.8 Å². The smallest absolute Gasteiger partial charge is 0.330 e. The van der Waals surface area contributed by atoms with Gasteiger partial charge >= 0.3 is 11.9 Å². The Morgan fingerprint density at radius 1 is 0.720 bits per heavy atom. The van der Waals surface area contributed by atoms with Gasteiger partial charge in [0.15, 0.2) is 0 Å². The first kappa shape index (κ1) is 22.2. The van der Waals surface area contributed by atoms with Gasteiger partial charge in [0.1, 0.15) is 0 Å². The quantitative estimate of drug-likeness (QED) is 0.741. The van der Waals surface area contributed by atoms with E-state index in [1.165, 1.54) is 23.6 Å². The summed E-state index contributed by atoms with van der Waals surface area (Å²) in [5.74, 6) is -1.87. The lowest BCUT2D eigenvalue weighted by Crippen LogP contribution is -1.92. The second-order valence-corrected chi connectivity index (χ2v) is 6.05. The lowest BCUT2D eigenvalue weighted by Gasteiger charge is -1.99. The van der Waals surface area contributed by atoms with Crippen LogP contribution in [-0.2, 0) is 9.59 Å². The number of benzene rings is 2. The van der Waals surface area contributed by atoms with E-state index in [1.807, 2.05) is 12.1 Å². The number of carbonyl (C=O) groups is 2. The van der Waals surface area contributed by atoms with Crippen LogP contribution < -0.4 is 0 Å². The van der Waals surface area contributed by atoms with E-state index in [0.717, 1.165) is 0 Å². The molecule has 25 heavy (non-hydrogen) atoms. The van der Waals surface area contributed by atoms with Gasteiger partial charge in [0.05, 0.1) is 0 Å². The molecule has 0 unspecified atom stereocenters. The monoisotopic (exact) mass is 358 g/mol. The summed E-state index contributed by atoms with van der Waals surface area (Å²) in [6.07, 6.45) is 0. The molecule has 0 aliphatic rings. The molecule has 0 spiro atoms. The molecule has 0 aromatic heterocycles. The Labute approximate surface area is 152 Å². The highest BCUT2D eigenvalue weighted by molar-refractivity contribution is 7.99. The molecule has 0 saturated carbocycles. The Bertz CT molecular complexity index is 609. The van der Waals surface area contributed by atoms with E-state index in [4.69, 9.17) is 10.2 Å². The first-order valence-corrected chi connectivity index (χ1v) is 8.11. The maximum absolute atomic E-state index is 9.60. The van der Waals surface area contributed by atoms with Gasteiger partial charge in [-0.1, -0.05) is 61.3 Å². The Morgan fingerprint density at radius 3 is 1.16 bits per heavy atom. The Hall–Kier alpha value is -2.79. The summed E-state index contributed by atoms with van der Waals surface area (Å²) in [7, 11) is 0. The van der Waals surface area contributed by atoms with Crippen LogP contribution >= 0.6 is 11.8 Å². The Balaban J connectivity index is 0.000000406. The number of rotatable bonds is 4. The second kappa shape index (κ2) is 12.6. The van der Waals surface area contributed by atoms with Gasteiger partial charge in [0.25, 0.3) is 0 Å². The number of hydrogen-bond donors (Lipinski definition) is 2. The minimum absolute atomic E-state index is 0.176. The molecule has 4 nitrogen and oxygen atoms in total. The molecule has 2 N–H and O–H groups in total. The number of carboxylic acid groups (broad SMARTS) is 2. The van der Waals surface area contributed by atoms with Crippen LogP contribution in [0.3, 0.4) is 0 Å². The SMILES string of the molecule is C=C(C)C(=O)O.C=C(C)C(=O)O.c1ccc(Sc2ccccc2)cc1. The average Bonchev–Trinajstić information content (AvgIpc) is 2.57. The molecule has 0 aliphatic heterocycles. The van der Waals surface area contributed by atoms with Gasteiger partial charge in [-0.05, 0) is 38.1 Å². The fourth-order valence-corrected chi connectivity index (χ4v) is 1.97. The van der Waals surface area contributed by atoms with Crippen molar-refractivity contribution in [3.63, 3.8) is 0 Å². The molecule has 0 heterocycles. The lowest BCUT2D eigenvalue weighted by atomic mass is 10.4. The summed E-state index contributed by atoms with van der Waals surface area (Å²) >= 11 is 1.79. The van der Waals surface area contributed by atoms with Crippen molar-refractivity contribution in [1.82, 2.24) is 0 Å². The number of carboxylic acids is 2. The van der Waals surface area contributed by atoms with Crippen LogP contribution in [0.2, 0.25) is 0 Å². The van der Waals surface area contributed by atoms with E-state index in [9.17, 15) is 9.59 Å². The van der Waals surface area contributed by atoms with Crippen LogP contribution in [0.4, 0.5) is 0 Å². The van der Waals surface area contributed by atoms with Crippen molar-refractivity contribution in [3.05, 3.63) is 85.0 Å². The number of hydrogen-bond acceptors (Lipinski definition) is 3. The van der Waals surface area contributed by atoms with Crippen molar-refractivity contribution in [2.24, 2.45) is 0 Å². The largest absolute Gasteiger partial charge is 0.478 e. The Morgan fingerprint density at radius 2 is 0.960 bits per heavy atom. The van der Waals surface area contributed by atoms with Gasteiger partial charge in [-0.3, -0.25) is 0 Å². The molecule has 2 rings (SSSR count). The first-order chi connectivity index (χ1) is 11.7. The minimum Gasteiger partial charge on any atom is -0.478 e. The molecular formula is C20H22O4S. The molecule has 2 aromatic carbocycles. The van der Waals surface area contributed by atoms with Crippen LogP contribution in [0, 0.1) is 0 Å². The van der Waals surface area contributed by atoms with Gasteiger partial charge in [0, 0.05) is 20.9 Å². The van der Waals surface area contributed by atoms with Crippen molar-refractivity contribution >= 4 is 23.7 Å². The summed E-state index contributed by atoms with van der Waals surface area (Å²) in [6, 6.07) is 20.8. The third kappa shape index (κ3) is 12.3. The van der Waals surface area contributed by atoms with Crippen molar-refractivity contribution in [2.45, 2.75) is 23.6 Å². The normalized spacial score (nSPS) is 8.72. The highest BCUT2D eigenvalue weighted by Crippen LogP contribution is 2.26. The fraction of sp³-hybridized carbons (Fsp3) is 0.100. The van der Waals surface area contributed by atoms with E-state index >= 15 is 0 Å². The number of aliphatic carboxylic acids is 2. The lowest BCUT2D eigenvalue weighted by molar-refractivity contribution is -0.133. The fourth-order valence-electron chi connectivity index (χ4n) is 1.11. The summed E-state index contributed by atoms with van der Waals surface area (Å²) in [4.78, 5) is 21.8. The Kier molecular flexibility index (Phi) is 11.2. The van der Waals surface area contributed by atoms with Crippen molar-refractivity contribution in [2.75, 3.05) is 0 Å². The van der Waals surface area contributed by atoms with Crippen LogP contribution in [-0.4, -0.2) is 22.2 Å². The maximum Gasteiger partial charge on any atom is 0.330 e.